The summed E-state index contributed by atoms with van der Waals surface area (Å²) in [6, 6.07) is 0. The molecule has 0 aliphatic heterocycles. The Kier molecular flexibility index (Phi) is 4.40. The molecule has 0 spiro atoms. The molecule has 1 heterocycles. The third-order valence-electron chi connectivity index (χ3n) is 3.64. The van der Waals surface area contributed by atoms with Crippen LogP contribution in [0, 0.1) is 5.41 Å². The molecule has 0 saturated heterocycles. The number of aromatic nitrogens is 2. The fourth-order valence-electron chi connectivity index (χ4n) is 2.47. The topological polar surface area (TPSA) is 84.1 Å². The van der Waals surface area contributed by atoms with Crippen molar-refractivity contribution in [2.24, 2.45) is 5.41 Å². The Balaban J connectivity index is 2.03. The highest BCUT2D eigenvalue weighted by Gasteiger charge is 2.31. The zero-order valence-corrected chi connectivity index (χ0v) is 11.9. The Morgan fingerprint density at radius 3 is 2.78 bits per heavy atom. The second-order valence-corrected chi connectivity index (χ2v) is 5.85. The SMILES string of the molecule is Nc1ncc(Br)c(NCC2(CO)CCCCC2)n1. The fraction of sp³-hybridized carbons (Fsp3) is 0.667. The van der Waals surface area contributed by atoms with Gasteiger partial charge in [-0.25, -0.2) is 4.98 Å². The summed E-state index contributed by atoms with van der Waals surface area (Å²) in [4.78, 5) is 8.05. The van der Waals surface area contributed by atoms with Crippen LogP contribution in [0.2, 0.25) is 0 Å². The third-order valence-corrected chi connectivity index (χ3v) is 4.22. The predicted octanol–water partition coefficient (Wildman–Crippen LogP) is 2.18. The summed E-state index contributed by atoms with van der Waals surface area (Å²) in [7, 11) is 0. The largest absolute Gasteiger partial charge is 0.396 e. The van der Waals surface area contributed by atoms with Crippen molar-refractivity contribution in [1.29, 1.82) is 0 Å². The monoisotopic (exact) mass is 314 g/mol. The molecule has 100 valence electrons. The molecular weight excluding hydrogens is 296 g/mol. The molecule has 1 aromatic rings. The molecule has 0 bridgehead atoms. The molecule has 1 fully saturated rings. The van der Waals surface area contributed by atoms with Crippen molar-refractivity contribution >= 4 is 27.7 Å². The maximum absolute atomic E-state index is 9.63. The van der Waals surface area contributed by atoms with E-state index in [1.807, 2.05) is 0 Å². The first-order chi connectivity index (χ1) is 8.65. The van der Waals surface area contributed by atoms with Crippen molar-refractivity contribution in [1.82, 2.24) is 9.97 Å². The van der Waals surface area contributed by atoms with Crippen LogP contribution in [-0.4, -0.2) is 28.2 Å². The predicted molar refractivity (Wildman–Crippen MR) is 75.2 cm³/mol. The van der Waals surface area contributed by atoms with Crippen LogP contribution in [0.5, 0.6) is 0 Å². The average Bonchev–Trinajstić information content (AvgIpc) is 2.41. The van der Waals surface area contributed by atoms with Crippen molar-refractivity contribution in [3.05, 3.63) is 10.7 Å². The van der Waals surface area contributed by atoms with Gasteiger partial charge >= 0.3 is 0 Å². The van der Waals surface area contributed by atoms with Crippen LogP contribution in [0.1, 0.15) is 32.1 Å². The van der Waals surface area contributed by atoms with E-state index >= 15 is 0 Å². The lowest BCUT2D eigenvalue weighted by Crippen LogP contribution is -2.35. The number of hydrogen-bond acceptors (Lipinski definition) is 5. The van der Waals surface area contributed by atoms with Gasteiger partial charge in [-0.2, -0.15) is 4.98 Å². The van der Waals surface area contributed by atoms with Crippen molar-refractivity contribution in [3.63, 3.8) is 0 Å². The molecule has 18 heavy (non-hydrogen) atoms. The van der Waals surface area contributed by atoms with Gasteiger partial charge < -0.3 is 16.2 Å². The van der Waals surface area contributed by atoms with Crippen molar-refractivity contribution in [3.8, 4) is 0 Å². The zero-order valence-electron chi connectivity index (χ0n) is 10.3. The molecule has 0 radical (unpaired) electrons. The molecule has 1 aromatic heterocycles. The Morgan fingerprint density at radius 1 is 1.39 bits per heavy atom. The van der Waals surface area contributed by atoms with E-state index in [-0.39, 0.29) is 18.0 Å². The minimum atomic E-state index is -0.0165. The minimum Gasteiger partial charge on any atom is -0.396 e. The van der Waals surface area contributed by atoms with E-state index < -0.39 is 0 Å². The number of nitrogen functional groups attached to an aromatic ring is 1. The standard InChI is InChI=1S/C12H19BrN4O/c13-9-6-15-11(14)17-10(9)16-7-12(8-18)4-2-1-3-5-12/h6,18H,1-5,7-8H2,(H3,14,15,16,17). The third kappa shape index (κ3) is 3.11. The van der Waals surface area contributed by atoms with Gasteiger partial charge in [-0.1, -0.05) is 19.3 Å². The summed E-state index contributed by atoms with van der Waals surface area (Å²) < 4.78 is 0.792. The van der Waals surface area contributed by atoms with Gasteiger partial charge in [-0.3, -0.25) is 0 Å². The lowest BCUT2D eigenvalue weighted by atomic mass is 9.74. The van der Waals surface area contributed by atoms with E-state index in [1.54, 1.807) is 6.20 Å². The molecule has 0 amide bonds. The number of rotatable bonds is 4. The number of nitrogens with two attached hydrogens (primary N) is 1. The van der Waals surface area contributed by atoms with Gasteiger partial charge in [0.2, 0.25) is 5.95 Å². The lowest BCUT2D eigenvalue weighted by Gasteiger charge is -2.35. The molecule has 0 aromatic carbocycles. The van der Waals surface area contributed by atoms with Crippen LogP contribution < -0.4 is 11.1 Å². The first-order valence-corrected chi connectivity index (χ1v) is 7.07. The van der Waals surface area contributed by atoms with Gasteiger partial charge in [0.1, 0.15) is 5.82 Å². The lowest BCUT2D eigenvalue weighted by molar-refractivity contribution is 0.0943. The van der Waals surface area contributed by atoms with Gasteiger partial charge in [0, 0.05) is 18.2 Å². The number of hydrogen-bond donors (Lipinski definition) is 3. The summed E-state index contributed by atoms with van der Waals surface area (Å²) >= 11 is 3.39. The second-order valence-electron chi connectivity index (χ2n) is 5.00. The number of nitrogens with one attached hydrogen (secondary N) is 1. The van der Waals surface area contributed by atoms with Gasteiger partial charge in [-0.15, -0.1) is 0 Å². The summed E-state index contributed by atoms with van der Waals surface area (Å²) in [5.41, 5.74) is 5.55. The van der Waals surface area contributed by atoms with Gasteiger partial charge in [-0.05, 0) is 28.8 Å². The normalized spacial score (nSPS) is 18.6. The Morgan fingerprint density at radius 2 is 2.11 bits per heavy atom. The summed E-state index contributed by atoms with van der Waals surface area (Å²) in [6.45, 7) is 0.941. The smallest absolute Gasteiger partial charge is 0.221 e. The molecule has 4 N–H and O–H groups in total. The molecule has 6 heteroatoms. The van der Waals surface area contributed by atoms with Crippen LogP contribution in [0.4, 0.5) is 11.8 Å². The molecule has 5 nitrogen and oxygen atoms in total. The van der Waals surface area contributed by atoms with E-state index in [1.165, 1.54) is 19.3 Å². The second kappa shape index (κ2) is 5.84. The zero-order chi connectivity index (χ0) is 13.0. The highest BCUT2D eigenvalue weighted by molar-refractivity contribution is 9.10. The number of anilines is 2. The van der Waals surface area contributed by atoms with Crippen LogP contribution in [0.3, 0.4) is 0 Å². The Hall–Kier alpha value is -0.880. The van der Waals surface area contributed by atoms with Crippen LogP contribution in [-0.2, 0) is 0 Å². The average molecular weight is 315 g/mol. The van der Waals surface area contributed by atoms with Crippen LogP contribution in [0.15, 0.2) is 10.7 Å². The molecule has 1 saturated carbocycles. The van der Waals surface area contributed by atoms with Crippen LogP contribution >= 0.6 is 15.9 Å². The molecular formula is C12H19BrN4O. The first kappa shape index (κ1) is 13.5. The number of halogens is 1. The van der Waals surface area contributed by atoms with E-state index in [0.717, 1.165) is 23.9 Å². The van der Waals surface area contributed by atoms with Gasteiger partial charge in [0.15, 0.2) is 0 Å². The van der Waals surface area contributed by atoms with Crippen molar-refractivity contribution < 1.29 is 5.11 Å². The Bertz CT molecular complexity index is 407. The number of aliphatic hydroxyl groups excluding tert-OH is 1. The molecule has 2 rings (SSSR count). The van der Waals surface area contributed by atoms with Gasteiger partial charge in [0.25, 0.3) is 0 Å². The quantitative estimate of drug-likeness (QED) is 0.793. The Labute approximate surface area is 115 Å². The van der Waals surface area contributed by atoms with Crippen molar-refractivity contribution in [2.45, 2.75) is 32.1 Å². The molecule has 0 atom stereocenters. The van der Waals surface area contributed by atoms with Gasteiger partial charge in [0.05, 0.1) is 11.1 Å². The maximum atomic E-state index is 9.63. The highest BCUT2D eigenvalue weighted by atomic mass is 79.9. The highest BCUT2D eigenvalue weighted by Crippen LogP contribution is 2.36. The summed E-state index contributed by atoms with van der Waals surface area (Å²) in [5.74, 6) is 0.947. The minimum absolute atomic E-state index is 0.0165. The summed E-state index contributed by atoms with van der Waals surface area (Å²) in [5, 5.41) is 12.9. The number of aliphatic hydroxyl groups is 1. The maximum Gasteiger partial charge on any atom is 0.221 e. The molecule has 0 unspecified atom stereocenters. The van der Waals surface area contributed by atoms with E-state index in [0.29, 0.717) is 5.82 Å². The van der Waals surface area contributed by atoms with Crippen LogP contribution in [0.25, 0.3) is 0 Å². The molecule has 1 aliphatic carbocycles. The number of nitrogens with zero attached hydrogens (tertiary/aromatic N) is 2. The van der Waals surface area contributed by atoms with E-state index in [4.69, 9.17) is 5.73 Å². The first-order valence-electron chi connectivity index (χ1n) is 6.28. The molecule has 1 aliphatic rings. The van der Waals surface area contributed by atoms with E-state index in [2.05, 4.69) is 31.2 Å². The summed E-state index contributed by atoms with van der Waals surface area (Å²) in [6.07, 6.45) is 7.41. The van der Waals surface area contributed by atoms with E-state index in [9.17, 15) is 5.11 Å². The fourth-order valence-corrected chi connectivity index (χ4v) is 2.80. The van der Waals surface area contributed by atoms with Crippen molar-refractivity contribution in [2.75, 3.05) is 24.2 Å².